The number of pyridine rings is 1. The summed E-state index contributed by atoms with van der Waals surface area (Å²) in [4.78, 5) is 26.8. The van der Waals surface area contributed by atoms with E-state index >= 15 is 0 Å². The topological polar surface area (TPSA) is 73.9 Å². The van der Waals surface area contributed by atoms with Crippen molar-refractivity contribution in [1.82, 2.24) is 25.2 Å². The minimum atomic E-state index is 0.120. The number of aromatic nitrogens is 3. The fourth-order valence-electron chi connectivity index (χ4n) is 3.67. The minimum Gasteiger partial charge on any atom is -0.356 e. The molecular formula is C21H25N5O. The summed E-state index contributed by atoms with van der Waals surface area (Å²) in [5, 5.41) is 3.09. The van der Waals surface area contributed by atoms with Crippen molar-refractivity contribution in [3.63, 3.8) is 0 Å². The van der Waals surface area contributed by atoms with E-state index in [1.165, 1.54) is 5.56 Å². The summed E-state index contributed by atoms with van der Waals surface area (Å²) in [6, 6.07) is 12.1. The molecule has 0 unspecified atom stereocenters. The Hall–Kier alpha value is -2.73. The molecule has 1 aliphatic heterocycles. The Morgan fingerprint density at radius 3 is 2.70 bits per heavy atom. The first kappa shape index (κ1) is 17.7. The molecule has 3 aromatic rings. The van der Waals surface area contributed by atoms with Gasteiger partial charge >= 0.3 is 0 Å². The second kappa shape index (κ2) is 8.31. The lowest BCUT2D eigenvalue weighted by Gasteiger charge is -2.30. The number of hydrogen-bond acceptors (Lipinski definition) is 4. The fraction of sp³-hybridized carbons (Fsp3) is 0.381. The number of carbonyl (C=O) groups is 1. The van der Waals surface area contributed by atoms with Crippen LogP contribution in [0.4, 0.5) is 0 Å². The van der Waals surface area contributed by atoms with E-state index in [-0.39, 0.29) is 11.8 Å². The van der Waals surface area contributed by atoms with E-state index in [1.54, 1.807) is 12.4 Å². The largest absolute Gasteiger partial charge is 0.356 e. The molecule has 0 spiro atoms. The number of benzene rings is 1. The Morgan fingerprint density at radius 1 is 1.15 bits per heavy atom. The Kier molecular flexibility index (Phi) is 5.44. The number of H-pyrrole nitrogens is 1. The van der Waals surface area contributed by atoms with Gasteiger partial charge in [-0.3, -0.25) is 14.7 Å². The Balaban J connectivity index is 1.21. The van der Waals surface area contributed by atoms with Gasteiger partial charge in [-0.05, 0) is 62.2 Å². The van der Waals surface area contributed by atoms with Crippen molar-refractivity contribution < 1.29 is 4.79 Å². The second-order valence-electron chi connectivity index (χ2n) is 7.15. The lowest BCUT2D eigenvalue weighted by Crippen LogP contribution is -2.40. The third-order valence-corrected chi connectivity index (χ3v) is 5.23. The smallest absolute Gasteiger partial charge is 0.223 e. The zero-order valence-corrected chi connectivity index (χ0v) is 15.4. The molecule has 6 heteroatoms. The van der Waals surface area contributed by atoms with Gasteiger partial charge in [-0.2, -0.15) is 0 Å². The van der Waals surface area contributed by atoms with Crippen LogP contribution in [0.15, 0.2) is 48.8 Å². The maximum Gasteiger partial charge on any atom is 0.223 e. The summed E-state index contributed by atoms with van der Waals surface area (Å²) in [6.45, 7) is 3.35. The molecule has 0 saturated carbocycles. The molecule has 0 radical (unpaired) electrons. The van der Waals surface area contributed by atoms with E-state index < -0.39 is 0 Å². The van der Waals surface area contributed by atoms with Gasteiger partial charge < -0.3 is 10.3 Å². The fourth-order valence-corrected chi connectivity index (χ4v) is 3.67. The quantitative estimate of drug-likeness (QED) is 0.706. The molecule has 1 aliphatic rings. The SMILES string of the molecule is O=C(NCCc1ccncc1)C1CCN(Cc2nc3ccccc3[nH]2)CC1. The van der Waals surface area contributed by atoms with Gasteiger partial charge in [0.1, 0.15) is 5.82 Å². The minimum absolute atomic E-state index is 0.120. The number of imidazole rings is 1. The predicted molar refractivity (Wildman–Crippen MR) is 105 cm³/mol. The van der Waals surface area contributed by atoms with Gasteiger partial charge in [-0.15, -0.1) is 0 Å². The highest BCUT2D eigenvalue weighted by atomic mass is 16.1. The number of fused-ring (bicyclic) bond motifs is 1. The number of nitrogens with one attached hydrogen (secondary N) is 2. The maximum atomic E-state index is 12.4. The summed E-state index contributed by atoms with van der Waals surface area (Å²) >= 11 is 0. The van der Waals surface area contributed by atoms with E-state index in [0.717, 1.165) is 55.8 Å². The van der Waals surface area contributed by atoms with Crippen molar-refractivity contribution >= 4 is 16.9 Å². The molecule has 1 saturated heterocycles. The number of hydrogen-bond donors (Lipinski definition) is 2. The van der Waals surface area contributed by atoms with Crippen molar-refractivity contribution in [1.29, 1.82) is 0 Å². The standard InChI is InChI=1S/C21H25N5O/c27-21(23-12-7-16-5-10-22-11-6-16)17-8-13-26(14-9-17)15-20-24-18-3-1-2-4-19(18)25-20/h1-6,10-11,17H,7-9,12-15H2,(H,23,27)(H,24,25). The summed E-state index contributed by atoms with van der Waals surface area (Å²) in [7, 11) is 0. The van der Waals surface area contributed by atoms with Crippen LogP contribution in [0.3, 0.4) is 0 Å². The van der Waals surface area contributed by atoms with E-state index in [0.29, 0.717) is 6.54 Å². The van der Waals surface area contributed by atoms with Gasteiger partial charge in [0.25, 0.3) is 0 Å². The molecule has 2 N–H and O–H groups in total. The third-order valence-electron chi connectivity index (χ3n) is 5.23. The van der Waals surface area contributed by atoms with E-state index in [1.807, 2.05) is 36.4 Å². The van der Waals surface area contributed by atoms with Crippen LogP contribution in [0.25, 0.3) is 11.0 Å². The van der Waals surface area contributed by atoms with Crippen molar-refractivity contribution in [2.45, 2.75) is 25.8 Å². The molecular weight excluding hydrogens is 338 g/mol. The molecule has 0 bridgehead atoms. The number of piperidine rings is 1. The summed E-state index contributed by atoms with van der Waals surface area (Å²) < 4.78 is 0. The molecule has 1 fully saturated rings. The first-order chi connectivity index (χ1) is 13.3. The number of likely N-dealkylation sites (tertiary alicyclic amines) is 1. The van der Waals surface area contributed by atoms with E-state index in [2.05, 4.69) is 25.2 Å². The summed E-state index contributed by atoms with van der Waals surface area (Å²) in [5.74, 6) is 1.30. The van der Waals surface area contributed by atoms with Gasteiger partial charge in [-0.1, -0.05) is 12.1 Å². The average Bonchev–Trinajstić information content (AvgIpc) is 3.11. The maximum absolute atomic E-state index is 12.4. The Morgan fingerprint density at radius 2 is 1.93 bits per heavy atom. The van der Waals surface area contributed by atoms with Gasteiger partial charge in [0.15, 0.2) is 0 Å². The molecule has 1 amide bonds. The van der Waals surface area contributed by atoms with Crippen molar-refractivity contribution in [2.75, 3.05) is 19.6 Å². The van der Waals surface area contributed by atoms with Gasteiger partial charge in [0.2, 0.25) is 5.91 Å². The Labute approximate surface area is 159 Å². The van der Waals surface area contributed by atoms with Crippen molar-refractivity contribution in [2.24, 2.45) is 5.92 Å². The van der Waals surface area contributed by atoms with Crippen LogP contribution in [0.5, 0.6) is 0 Å². The highest BCUT2D eigenvalue weighted by Crippen LogP contribution is 2.19. The molecule has 0 aliphatic carbocycles. The van der Waals surface area contributed by atoms with Crippen LogP contribution in [0.1, 0.15) is 24.2 Å². The normalized spacial score (nSPS) is 15.9. The number of aromatic amines is 1. The van der Waals surface area contributed by atoms with Crippen molar-refractivity contribution in [3.05, 3.63) is 60.2 Å². The number of para-hydroxylation sites is 2. The molecule has 0 atom stereocenters. The van der Waals surface area contributed by atoms with Crippen LogP contribution in [0.2, 0.25) is 0 Å². The highest BCUT2D eigenvalue weighted by molar-refractivity contribution is 5.78. The molecule has 6 nitrogen and oxygen atoms in total. The number of carbonyl (C=O) groups excluding carboxylic acids is 1. The van der Waals surface area contributed by atoms with Crippen LogP contribution in [-0.2, 0) is 17.8 Å². The third kappa shape index (κ3) is 4.52. The highest BCUT2D eigenvalue weighted by Gasteiger charge is 2.25. The van der Waals surface area contributed by atoms with Crippen LogP contribution in [0, 0.1) is 5.92 Å². The molecule has 140 valence electrons. The van der Waals surface area contributed by atoms with E-state index in [9.17, 15) is 4.79 Å². The zero-order chi connectivity index (χ0) is 18.5. The number of amides is 1. The first-order valence-corrected chi connectivity index (χ1v) is 9.60. The summed E-state index contributed by atoms with van der Waals surface area (Å²) in [5.41, 5.74) is 3.29. The lowest BCUT2D eigenvalue weighted by atomic mass is 9.96. The molecule has 1 aromatic carbocycles. The zero-order valence-electron chi connectivity index (χ0n) is 15.4. The van der Waals surface area contributed by atoms with Gasteiger partial charge in [-0.25, -0.2) is 4.98 Å². The average molecular weight is 363 g/mol. The number of rotatable bonds is 6. The molecule has 3 heterocycles. The van der Waals surface area contributed by atoms with Gasteiger partial charge in [0.05, 0.1) is 17.6 Å². The monoisotopic (exact) mass is 363 g/mol. The molecule has 27 heavy (non-hydrogen) atoms. The van der Waals surface area contributed by atoms with Crippen LogP contribution < -0.4 is 5.32 Å². The summed E-state index contributed by atoms with van der Waals surface area (Å²) in [6.07, 6.45) is 6.23. The first-order valence-electron chi connectivity index (χ1n) is 9.60. The molecule has 4 rings (SSSR count). The van der Waals surface area contributed by atoms with Crippen molar-refractivity contribution in [3.8, 4) is 0 Å². The van der Waals surface area contributed by atoms with Crippen LogP contribution in [-0.4, -0.2) is 45.4 Å². The lowest BCUT2D eigenvalue weighted by molar-refractivity contribution is -0.126. The Bertz CT molecular complexity index is 851. The predicted octanol–water partition coefficient (Wildman–Crippen LogP) is 2.53. The molecule has 2 aromatic heterocycles. The number of nitrogens with zero attached hydrogens (tertiary/aromatic N) is 3. The van der Waals surface area contributed by atoms with Gasteiger partial charge in [0, 0.05) is 24.9 Å². The van der Waals surface area contributed by atoms with Crippen LogP contribution >= 0.6 is 0 Å². The second-order valence-corrected chi connectivity index (χ2v) is 7.15. The van der Waals surface area contributed by atoms with E-state index in [4.69, 9.17) is 0 Å².